The van der Waals surface area contributed by atoms with E-state index < -0.39 is 18.1 Å². The van der Waals surface area contributed by atoms with Gasteiger partial charge in [-0.25, -0.2) is 8.78 Å². The molecule has 0 fully saturated rings. The summed E-state index contributed by atoms with van der Waals surface area (Å²) < 4.78 is 29.3. The van der Waals surface area contributed by atoms with E-state index >= 15 is 0 Å². The molecule has 1 rings (SSSR count). The van der Waals surface area contributed by atoms with E-state index in [1.807, 2.05) is 0 Å². The van der Waals surface area contributed by atoms with Gasteiger partial charge in [-0.05, 0) is 18.6 Å². The smallest absolute Gasteiger partial charge is 0.311 e. The van der Waals surface area contributed by atoms with Crippen LogP contribution < -0.4 is 0 Å². The van der Waals surface area contributed by atoms with Crippen molar-refractivity contribution < 1.29 is 18.3 Å². The largest absolute Gasteiger partial charge is 0.469 e. The van der Waals surface area contributed by atoms with E-state index in [0.717, 1.165) is 6.07 Å². The zero-order valence-electron chi connectivity index (χ0n) is 8.76. The molecule has 88 valence electrons. The van der Waals surface area contributed by atoms with Gasteiger partial charge in [-0.15, -0.1) is 0 Å². The Morgan fingerprint density at radius 2 is 2.25 bits per heavy atom. The van der Waals surface area contributed by atoms with Crippen molar-refractivity contribution in [1.29, 1.82) is 0 Å². The highest BCUT2D eigenvalue weighted by atomic mass is 35.5. The Kier molecular flexibility index (Phi) is 4.18. The predicted molar refractivity (Wildman–Crippen MR) is 54.7 cm³/mol. The third kappa shape index (κ3) is 2.88. The lowest BCUT2D eigenvalue weighted by atomic mass is 10.1. The van der Waals surface area contributed by atoms with Crippen molar-refractivity contribution in [3.8, 4) is 0 Å². The van der Waals surface area contributed by atoms with E-state index in [0.29, 0.717) is 5.56 Å². The molecule has 0 bridgehead atoms. The van der Waals surface area contributed by atoms with Gasteiger partial charge in [0.15, 0.2) is 0 Å². The first-order valence-corrected chi connectivity index (χ1v) is 4.84. The number of nitrogens with zero attached hydrogens (tertiary/aromatic N) is 1. The molecule has 0 saturated carbocycles. The fraction of sp³-hybridized carbons (Fsp3) is 0.400. The second-order valence-electron chi connectivity index (χ2n) is 3.15. The van der Waals surface area contributed by atoms with Gasteiger partial charge in [0.2, 0.25) is 0 Å². The number of pyridine rings is 1. The molecule has 0 aromatic carbocycles. The van der Waals surface area contributed by atoms with E-state index in [1.165, 1.54) is 7.11 Å². The summed E-state index contributed by atoms with van der Waals surface area (Å²) in [6.45, 7) is 1.61. The summed E-state index contributed by atoms with van der Waals surface area (Å²) >= 11 is 5.76. The Bertz CT molecular complexity index is 410. The third-order valence-electron chi connectivity index (χ3n) is 2.09. The number of hydrogen-bond acceptors (Lipinski definition) is 3. The lowest BCUT2D eigenvalue weighted by Gasteiger charge is -2.08. The highest BCUT2D eigenvalue weighted by molar-refractivity contribution is 6.31. The maximum atomic E-state index is 12.4. The number of ether oxygens (including phenoxy) is 1. The summed E-state index contributed by atoms with van der Waals surface area (Å²) in [5.41, 5.74) is 0.292. The van der Waals surface area contributed by atoms with Gasteiger partial charge in [-0.2, -0.15) is 0 Å². The molecule has 0 radical (unpaired) electrons. The number of esters is 1. The molecule has 0 N–H and O–H groups in total. The molecule has 0 unspecified atom stereocenters. The predicted octanol–water partition coefficient (Wildman–Crippen LogP) is 2.70. The minimum atomic E-state index is -2.71. The van der Waals surface area contributed by atoms with Crippen molar-refractivity contribution in [3.05, 3.63) is 28.0 Å². The summed E-state index contributed by atoms with van der Waals surface area (Å²) in [5, 5.41) is 0.171. The first-order valence-electron chi connectivity index (χ1n) is 4.46. The topological polar surface area (TPSA) is 39.2 Å². The summed E-state index contributed by atoms with van der Waals surface area (Å²) in [4.78, 5) is 14.7. The van der Waals surface area contributed by atoms with E-state index in [-0.39, 0.29) is 17.1 Å². The van der Waals surface area contributed by atoms with E-state index in [2.05, 4.69) is 9.72 Å². The van der Waals surface area contributed by atoms with Crippen LogP contribution in [0.3, 0.4) is 0 Å². The molecule has 0 spiro atoms. The second kappa shape index (κ2) is 5.21. The van der Waals surface area contributed by atoms with E-state index in [4.69, 9.17) is 11.6 Å². The summed E-state index contributed by atoms with van der Waals surface area (Å²) in [6, 6.07) is 1.10. The van der Waals surface area contributed by atoms with Crippen LogP contribution in [-0.2, 0) is 16.0 Å². The first-order chi connectivity index (χ1) is 7.45. The van der Waals surface area contributed by atoms with Crippen molar-refractivity contribution in [2.24, 2.45) is 0 Å². The number of carbonyl (C=O) groups excluding carboxylic acids is 1. The number of methoxy groups -OCH3 is 1. The number of carbonyl (C=O) groups is 1. The molecule has 1 aromatic heterocycles. The molecular formula is C10H10ClF2NO2. The fourth-order valence-electron chi connectivity index (χ4n) is 1.14. The summed E-state index contributed by atoms with van der Waals surface area (Å²) in [7, 11) is 1.22. The minimum absolute atomic E-state index is 0.164. The molecule has 0 amide bonds. The molecule has 16 heavy (non-hydrogen) atoms. The monoisotopic (exact) mass is 249 g/mol. The van der Waals surface area contributed by atoms with Crippen LogP contribution >= 0.6 is 11.6 Å². The Morgan fingerprint density at radius 3 is 2.75 bits per heavy atom. The molecule has 0 aliphatic rings. The van der Waals surface area contributed by atoms with Gasteiger partial charge in [-0.1, -0.05) is 11.6 Å². The van der Waals surface area contributed by atoms with Crippen LogP contribution in [0, 0.1) is 6.92 Å². The van der Waals surface area contributed by atoms with Crippen LogP contribution in [-0.4, -0.2) is 18.1 Å². The highest BCUT2D eigenvalue weighted by Gasteiger charge is 2.16. The van der Waals surface area contributed by atoms with Crippen LogP contribution in [0.1, 0.15) is 23.4 Å². The molecule has 0 aliphatic heterocycles. The minimum Gasteiger partial charge on any atom is -0.469 e. The molecule has 6 heteroatoms. The van der Waals surface area contributed by atoms with Crippen LogP contribution in [0.5, 0.6) is 0 Å². The van der Waals surface area contributed by atoms with Gasteiger partial charge in [0.25, 0.3) is 6.43 Å². The number of halogens is 3. The van der Waals surface area contributed by atoms with Gasteiger partial charge >= 0.3 is 5.97 Å². The van der Waals surface area contributed by atoms with Crippen molar-refractivity contribution in [1.82, 2.24) is 4.98 Å². The van der Waals surface area contributed by atoms with Crippen LogP contribution in [0.4, 0.5) is 8.78 Å². The Hall–Kier alpha value is -1.23. The molecule has 0 aliphatic carbocycles. The SMILES string of the molecule is COC(=O)Cc1nc(C(F)F)cc(Cl)c1C. The van der Waals surface area contributed by atoms with Crippen LogP contribution in [0.25, 0.3) is 0 Å². The lowest BCUT2D eigenvalue weighted by Crippen LogP contribution is -2.09. The Balaban J connectivity index is 3.11. The average molecular weight is 250 g/mol. The summed E-state index contributed by atoms with van der Waals surface area (Å²) in [5.74, 6) is -0.543. The van der Waals surface area contributed by atoms with Crippen molar-refractivity contribution >= 4 is 17.6 Å². The van der Waals surface area contributed by atoms with Crippen LogP contribution in [0.15, 0.2) is 6.07 Å². The summed E-state index contributed by atoms with van der Waals surface area (Å²) in [6.07, 6.45) is -2.88. The number of aromatic nitrogens is 1. The zero-order valence-corrected chi connectivity index (χ0v) is 9.52. The Morgan fingerprint density at radius 1 is 1.62 bits per heavy atom. The highest BCUT2D eigenvalue weighted by Crippen LogP contribution is 2.25. The van der Waals surface area contributed by atoms with E-state index in [9.17, 15) is 13.6 Å². The number of alkyl halides is 2. The molecule has 1 aromatic rings. The Labute approximate surface area is 96.4 Å². The van der Waals surface area contributed by atoms with E-state index in [1.54, 1.807) is 6.92 Å². The number of rotatable bonds is 3. The van der Waals surface area contributed by atoms with Gasteiger partial charge in [0.05, 0.1) is 19.2 Å². The van der Waals surface area contributed by atoms with Crippen LogP contribution in [0.2, 0.25) is 5.02 Å². The van der Waals surface area contributed by atoms with Crippen molar-refractivity contribution in [2.75, 3.05) is 7.11 Å². The zero-order chi connectivity index (χ0) is 12.3. The standard InChI is InChI=1S/C10H10ClF2NO2/c1-5-6(11)3-8(10(12)13)14-7(5)4-9(15)16-2/h3,10H,4H2,1-2H3. The second-order valence-corrected chi connectivity index (χ2v) is 3.56. The average Bonchev–Trinajstić information content (AvgIpc) is 2.23. The third-order valence-corrected chi connectivity index (χ3v) is 2.49. The molecule has 0 saturated heterocycles. The van der Waals surface area contributed by atoms with Crippen molar-refractivity contribution in [3.63, 3.8) is 0 Å². The van der Waals surface area contributed by atoms with Gasteiger partial charge in [-0.3, -0.25) is 9.78 Å². The molecular weight excluding hydrogens is 240 g/mol. The maximum absolute atomic E-state index is 12.4. The molecule has 1 heterocycles. The lowest BCUT2D eigenvalue weighted by molar-refractivity contribution is -0.139. The number of hydrogen-bond donors (Lipinski definition) is 0. The quantitative estimate of drug-likeness (QED) is 0.773. The first kappa shape index (κ1) is 12.8. The van der Waals surface area contributed by atoms with Crippen molar-refractivity contribution in [2.45, 2.75) is 19.8 Å². The normalized spacial score (nSPS) is 10.6. The molecule has 0 atom stereocenters. The maximum Gasteiger partial charge on any atom is 0.311 e. The van der Waals surface area contributed by atoms with Gasteiger partial charge < -0.3 is 4.74 Å². The van der Waals surface area contributed by atoms with Gasteiger partial charge in [0.1, 0.15) is 5.69 Å². The molecule has 3 nitrogen and oxygen atoms in total. The van der Waals surface area contributed by atoms with Gasteiger partial charge in [0, 0.05) is 5.02 Å². The fourth-order valence-corrected chi connectivity index (χ4v) is 1.36.